The van der Waals surface area contributed by atoms with Crippen LogP contribution in [-0.2, 0) is 12.8 Å². The molecule has 0 aliphatic heterocycles. The van der Waals surface area contributed by atoms with Crippen LogP contribution in [0.25, 0.3) is 5.65 Å². The van der Waals surface area contributed by atoms with Crippen LogP contribution in [0.1, 0.15) is 11.3 Å². The molecule has 7 heteroatoms. The lowest BCUT2D eigenvalue weighted by molar-refractivity contribution is 0.439. The van der Waals surface area contributed by atoms with Gasteiger partial charge in [0, 0.05) is 24.2 Å². The van der Waals surface area contributed by atoms with Crippen molar-refractivity contribution in [3.05, 3.63) is 52.5 Å². The van der Waals surface area contributed by atoms with Gasteiger partial charge in [-0.25, -0.2) is 9.50 Å². The van der Waals surface area contributed by atoms with E-state index in [0.29, 0.717) is 0 Å². The number of aromatic nitrogens is 4. The molecule has 3 rings (SSSR count). The molecule has 0 unspecified atom stereocenters. The monoisotopic (exact) mass is 374 g/mol. The minimum absolute atomic E-state index is 0.733. The van der Waals surface area contributed by atoms with Gasteiger partial charge in [-0.3, -0.25) is 9.88 Å². The summed E-state index contributed by atoms with van der Waals surface area (Å²) in [4.78, 5) is 10.9. The Morgan fingerprint density at radius 1 is 1.26 bits per heavy atom. The highest BCUT2D eigenvalue weighted by atomic mass is 79.9. The van der Waals surface area contributed by atoms with Crippen LogP contribution in [-0.4, -0.2) is 45.2 Å². The van der Waals surface area contributed by atoms with Crippen LogP contribution in [0.5, 0.6) is 0 Å². The van der Waals surface area contributed by atoms with Crippen molar-refractivity contribution in [2.75, 3.05) is 26.1 Å². The number of nitrogens with zero attached hydrogens (tertiary/aromatic N) is 5. The average molecular weight is 375 g/mol. The first-order valence-corrected chi connectivity index (χ1v) is 8.23. The van der Waals surface area contributed by atoms with E-state index in [1.54, 1.807) is 12.4 Å². The Balaban J connectivity index is 1.87. The summed E-state index contributed by atoms with van der Waals surface area (Å²) in [6.07, 6.45) is 7.27. The summed E-state index contributed by atoms with van der Waals surface area (Å²) in [5, 5.41) is 7.75. The van der Waals surface area contributed by atoms with Crippen LogP contribution in [0.4, 0.5) is 5.82 Å². The maximum atomic E-state index is 4.63. The van der Waals surface area contributed by atoms with E-state index in [1.165, 1.54) is 5.56 Å². The van der Waals surface area contributed by atoms with Crippen molar-refractivity contribution in [3.8, 4) is 0 Å². The molecule has 3 heterocycles. The van der Waals surface area contributed by atoms with Gasteiger partial charge in [0.2, 0.25) is 0 Å². The van der Waals surface area contributed by atoms with Crippen molar-refractivity contribution in [2.24, 2.45) is 0 Å². The molecule has 0 atom stereocenters. The van der Waals surface area contributed by atoms with Crippen molar-refractivity contribution < 1.29 is 0 Å². The van der Waals surface area contributed by atoms with Gasteiger partial charge in [0.15, 0.2) is 5.65 Å². The molecule has 0 radical (unpaired) electrons. The zero-order valence-electron chi connectivity index (χ0n) is 13.2. The topological polar surface area (TPSA) is 58.4 Å². The van der Waals surface area contributed by atoms with E-state index in [2.05, 4.69) is 53.3 Å². The Labute approximate surface area is 143 Å². The van der Waals surface area contributed by atoms with Crippen molar-refractivity contribution in [1.82, 2.24) is 24.5 Å². The van der Waals surface area contributed by atoms with Gasteiger partial charge in [-0.15, -0.1) is 0 Å². The summed E-state index contributed by atoms with van der Waals surface area (Å²) in [5.41, 5.74) is 3.16. The van der Waals surface area contributed by atoms with Gasteiger partial charge in [-0.2, -0.15) is 5.10 Å². The Morgan fingerprint density at radius 3 is 2.87 bits per heavy atom. The number of fused-ring (bicyclic) bond motifs is 1. The molecule has 0 aromatic carbocycles. The maximum Gasteiger partial charge on any atom is 0.171 e. The van der Waals surface area contributed by atoms with Crippen LogP contribution in [0, 0.1) is 0 Å². The molecule has 0 aliphatic carbocycles. The van der Waals surface area contributed by atoms with Gasteiger partial charge in [-0.1, -0.05) is 6.07 Å². The van der Waals surface area contributed by atoms with Gasteiger partial charge in [0.1, 0.15) is 5.82 Å². The molecule has 0 aliphatic rings. The van der Waals surface area contributed by atoms with Gasteiger partial charge < -0.3 is 5.32 Å². The first-order valence-electron chi connectivity index (χ1n) is 7.44. The third-order valence-electron chi connectivity index (χ3n) is 3.47. The Hall–Kier alpha value is -1.99. The number of hydrogen-bond acceptors (Lipinski definition) is 5. The SMILES string of the molecule is CN(C)CNc1cc(CCc2cccnc2)n2ncc(Br)c2n1. The third-order valence-corrected chi connectivity index (χ3v) is 4.03. The first kappa shape index (κ1) is 15.9. The highest BCUT2D eigenvalue weighted by Crippen LogP contribution is 2.20. The molecule has 120 valence electrons. The second-order valence-electron chi connectivity index (χ2n) is 5.64. The molecule has 0 saturated carbocycles. The van der Waals surface area contributed by atoms with E-state index in [0.717, 1.165) is 41.1 Å². The van der Waals surface area contributed by atoms with E-state index >= 15 is 0 Å². The normalized spacial score (nSPS) is 11.3. The predicted octanol–water partition coefficient (Wildman–Crippen LogP) is 2.60. The molecule has 0 bridgehead atoms. The van der Waals surface area contributed by atoms with E-state index in [-0.39, 0.29) is 0 Å². The molecule has 3 aromatic rings. The number of aryl methyl sites for hydroxylation is 2. The fourth-order valence-corrected chi connectivity index (χ4v) is 2.67. The van der Waals surface area contributed by atoms with Crippen molar-refractivity contribution in [3.63, 3.8) is 0 Å². The third kappa shape index (κ3) is 3.86. The molecule has 0 spiro atoms. The molecule has 1 N–H and O–H groups in total. The summed E-state index contributed by atoms with van der Waals surface area (Å²) in [7, 11) is 4.03. The predicted molar refractivity (Wildman–Crippen MR) is 94.5 cm³/mol. The van der Waals surface area contributed by atoms with Gasteiger partial charge in [-0.05, 0) is 54.5 Å². The van der Waals surface area contributed by atoms with Crippen molar-refractivity contribution >= 4 is 27.4 Å². The minimum Gasteiger partial charge on any atom is -0.357 e. The molecule has 3 aromatic heterocycles. The number of rotatable bonds is 6. The quantitative estimate of drug-likeness (QED) is 0.672. The van der Waals surface area contributed by atoms with Crippen LogP contribution >= 0.6 is 15.9 Å². The number of nitrogens with one attached hydrogen (secondary N) is 1. The maximum absolute atomic E-state index is 4.63. The van der Waals surface area contributed by atoms with E-state index < -0.39 is 0 Å². The lowest BCUT2D eigenvalue weighted by Crippen LogP contribution is -2.21. The number of anilines is 1. The Bertz CT molecular complexity index is 784. The Kier molecular flexibility index (Phi) is 4.88. The van der Waals surface area contributed by atoms with E-state index in [1.807, 2.05) is 30.9 Å². The average Bonchev–Trinajstić information content (AvgIpc) is 2.93. The molecule has 0 amide bonds. The van der Waals surface area contributed by atoms with Crippen LogP contribution in [0.3, 0.4) is 0 Å². The summed E-state index contributed by atoms with van der Waals surface area (Å²) in [5.74, 6) is 0.855. The fraction of sp³-hybridized carbons (Fsp3) is 0.312. The zero-order valence-corrected chi connectivity index (χ0v) is 14.8. The molecule has 6 nitrogen and oxygen atoms in total. The molecule has 0 saturated heterocycles. The molecule has 0 fully saturated rings. The number of hydrogen-bond donors (Lipinski definition) is 1. The smallest absolute Gasteiger partial charge is 0.171 e. The second-order valence-corrected chi connectivity index (χ2v) is 6.49. The van der Waals surface area contributed by atoms with Gasteiger partial charge in [0.25, 0.3) is 0 Å². The Morgan fingerprint density at radius 2 is 2.13 bits per heavy atom. The van der Waals surface area contributed by atoms with Crippen LogP contribution in [0.2, 0.25) is 0 Å². The minimum atomic E-state index is 0.733. The second kappa shape index (κ2) is 7.06. The van der Waals surface area contributed by atoms with E-state index in [9.17, 15) is 0 Å². The summed E-state index contributed by atoms with van der Waals surface area (Å²) < 4.78 is 2.79. The van der Waals surface area contributed by atoms with Crippen molar-refractivity contribution in [2.45, 2.75) is 12.8 Å². The molecular formula is C16H19BrN6. The van der Waals surface area contributed by atoms with Crippen molar-refractivity contribution in [1.29, 1.82) is 0 Å². The zero-order chi connectivity index (χ0) is 16.2. The largest absolute Gasteiger partial charge is 0.357 e. The standard InChI is InChI=1S/C16H19BrN6/c1-22(2)11-19-15-8-13(6-5-12-4-3-7-18-9-12)23-16(21-15)14(17)10-20-23/h3-4,7-10H,5-6,11H2,1-2H3,(H,19,21). The lowest BCUT2D eigenvalue weighted by Gasteiger charge is -2.13. The summed E-state index contributed by atoms with van der Waals surface area (Å²) in [6, 6.07) is 6.12. The number of pyridine rings is 1. The fourth-order valence-electron chi connectivity index (χ4n) is 2.32. The van der Waals surface area contributed by atoms with E-state index in [4.69, 9.17) is 0 Å². The van der Waals surface area contributed by atoms with Gasteiger partial charge >= 0.3 is 0 Å². The van der Waals surface area contributed by atoms with Gasteiger partial charge in [0.05, 0.1) is 17.3 Å². The summed E-state index contributed by atoms with van der Waals surface area (Å²) in [6.45, 7) is 0.733. The molecule has 23 heavy (non-hydrogen) atoms. The van der Waals surface area contributed by atoms with Crippen LogP contribution in [0.15, 0.2) is 41.3 Å². The lowest BCUT2D eigenvalue weighted by atomic mass is 10.1. The first-order chi connectivity index (χ1) is 11.1. The highest BCUT2D eigenvalue weighted by Gasteiger charge is 2.10. The highest BCUT2D eigenvalue weighted by molar-refractivity contribution is 9.10. The van der Waals surface area contributed by atoms with Crippen LogP contribution < -0.4 is 5.32 Å². The molecular weight excluding hydrogens is 356 g/mol. The number of halogens is 1. The summed E-state index contributed by atoms with van der Waals surface area (Å²) >= 11 is 3.52.